The van der Waals surface area contributed by atoms with Crippen LogP contribution in [0, 0.1) is 13.8 Å². The van der Waals surface area contributed by atoms with Crippen molar-refractivity contribution in [3.8, 4) is 23.0 Å². The van der Waals surface area contributed by atoms with E-state index in [0.29, 0.717) is 28.2 Å². The Morgan fingerprint density at radius 3 is 2.29 bits per heavy atom. The lowest BCUT2D eigenvalue weighted by Gasteiger charge is -2.41. The first-order valence-electron chi connectivity index (χ1n) is 8.01. The molecular formula is C19H20O5. The zero-order valence-electron chi connectivity index (χ0n) is 13.8. The summed E-state index contributed by atoms with van der Waals surface area (Å²) >= 11 is 0. The van der Waals surface area contributed by atoms with Crippen LogP contribution in [0.3, 0.4) is 0 Å². The molecule has 0 radical (unpaired) electrons. The molecule has 0 spiro atoms. The van der Waals surface area contributed by atoms with Crippen molar-refractivity contribution in [1.29, 1.82) is 0 Å². The van der Waals surface area contributed by atoms with E-state index in [0.717, 1.165) is 5.56 Å². The van der Waals surface area contributed by atoms with Gasteiger partial charge in [0.25, 0.3) is 0 Å². The van der Waals surface area contributed by atoms with Crippen LogP contribution < -0.4 is 9.47 Å². The second kappa shape index (κ2) is 4.80. The molecule has 2 aromatic rings. The van der Waals surface area contributed by atoms with E-state index in [2.05, 4.69) is 0 Å². The van der Waals surface area contributed by atoms with Crippen molar-refractivity contribution in [2.45, 2.75) is 38.4 Å². The number of fused-ring (bicyclic) bond motifs is 4. The largest absolute Gasteiger partial charge is 0.508 e. The maximum atomic E-state index is 10.2. The van der Waals surface area contributed by atoms with Crippen LogP contribution in [-0.4, -0.2) is 28.0 Å². The third-order valence-corrected chi connectivity index (χ3v) is 5.27. The van der Waals surface area contributed by atoms with E-state index >= 15 is 0 Å². The zero-order chi connectivity index (χ0) is 17.2. The fourth-order valence-corrected chi connectivity index (χ4v) is 3.80. The molecule has 0 aliphatic carbocycles. The smallest absolute Gasteiger partial charge is 0.197 e. The minimum absolute atomic E-state index is 0.0951. The van der Waals surface area contributed by atoms with Crippen LogP contribution in [0.2, 0.25) is 0 Å². The van der Waals surface area contributed by atoms with Gasteiger partial charge in [0.1, 0.15) is 23.0 Å². The third kappa shape index (κ3) is 1.79. The van der Waals surface area contributed by atoms with E-state index in [1.165, 1.54) is 0 Å². The topological polar surface area (TPSA) is 79.2 Å². The van der Waals surface area contributed by atoms with E-state index in [1.54, 1.807) is 38.1 Å². The Bertz CT molecular complexity index is 844. The monoisotopic (exact) mass is 328 g/mol. The lowest BCUT2D eigenvalue weighted by atomic mass is 9.78. The molecule has 0 saturated carbocycles. The van der Waals surface area contributed by atoms with Crippen molar-refractivity contribution < 1.29 is 24.8 Å². The number of hydrogen-bond acceptors (Lipinski definition) is 5. The molecule has 5 nitrogen and oxygen atoms in total. The second-order valence-electron chi connectivity index (χ2n) is 6.79. The fraction of sp³-hybridized carbons (Fsp3) is 0.368. The predicted molar refractivity (Wildman–Crippen MR) is 87.9 cm³/mol. The van der Waals surface area contributed by atoms with E-state index in [-0.39, 0.29) is 24.0 Å². The standard InChI is InChI=1S/C19H20O5/c1-9-4-16-12(6-14(9)21)11(3)18-19(8-20,24-16)13-7-15(22)10(2)5-17(13)23-18/h4-7,11,18,20-22H,8H2,1-3H3/t11-,18-,19-/m1/s1. The van der Waals surface area contributed by atoms with Crippen LogP contribution >= 0.6 is 0 Å². The van der Waals surface area contributed by atoms with Crippen molar-refractivity contribution in [3.63, 3.8) is 0 Å². The van der Waals surface area contributed by atoms with Gasteiger partial charge in [-0.2, -0.15) is 0 Å². The number of aromatic hydroxyl groups is 2. The highest BCUT2D eigenvalue weighted by molar-refractivity contribution is 5.56. The molecule has 0 unspecified atom stereocenters. The summed E-state index contributed by atoms with van der Waals surface area (Å²) in [6.45, 7) is 5.32. The Morgan fingerprint density at radius 2 is 1.62 bits per heavy atom. The first-order chi connectivity index (χ1) is 11.4. The van der Waals surface area contributed by atoms with Crippen LogP contribution in [0.1, 0.15) is 35.1 Å². The second-order valence-corrected chi connectivity index (χ2v) is 6.79. The summed E-state index contributed by atoms with van der Waals surface area (Å²) in [7, 11) is 0. The summed E-state index contributed by atoms with van der Waals surface area (Å²) in [5, 5.41) is 30.3. The van der Waals surface area contributed by atoms with Gasteiger partial charge in [-0.1, -0.05) is 6.92 Å². The minimum Gasteiger partial charge on any atom is -0.508 e. The average Bonchev–Trinajstić information content (AvgIpc) is 2.85. The molecule has 0 fully saturated rings. The molecule has 126 valence electrons. The van der Waals surface area contributed by atoms with Crippen LogP contribution in [-0.2, 0) is 5.60 Å². The molecule has 3 atom stereocenters. The van der Waals surface area contributed by atoms with Crippen LogP contribution in [0.4, 0.5) is 0 Å². The molecule has 2 aromatic carbocycles. The Morgan fingerprint density at radius 1 is 1.00 bits per heavy atom. The van der Waals surface area contributed by atoms with E-state index in [1.807, 2.05) is 6.92 Å². The number of rotatable bonds is 1. The molecule has 0 bridgehead atoms. The van der Waals surface area contributed by atoms with Gasteiger partial charge in [-0.05, 0) is 49.2 Å². The molecular weight excluding hydrogens is 308 g/mol. The first-order valence-corrected chi connectivity index (χ1v) is 8.01. The number of aliphatic hydroxyl groups excluding tert-OH is 1. The number of aliphatic hydroxyl groups is 1. The van der Waals surface area contributed by atoms with Gasteiger partial charge in [-0.15, -0.1) is 0 Å². The summed E-state index contributed by atoms with van der Waals surface area (Å²) in [5.74, 6) is 1.51. The molecule has 0 saturated heterocycles. The summed E-state index contributed by atoms with van der Waals surface area (Å²) in [4.78, 5) is 0. The summed E-state index contributed by atoms with van der Waals surface area (Å²) in [6, 6.07) is 6.86. The van der Waals surface area contributed by atoms with Gasteiger partial charge in [-0.25, -0.2) is 0 Å². The molecule has 4 rings (SSSR count). The zero-order valence-corrected chi connectivity index (χ0v) is 13.8. The fourth-order valence-electron chi connectivity index (χ4n) is 3.80. The molecule has 2 heterocycles. The third-order valence-electron chi connectivity index (χ3n) is 5.27. The minimum atomic E-state index is -1.06. The lowest BCUT2D eigenvalue weighted by molar-refractivity contribution is -0.0778. The van der Waals surface area contributed by atoms with Gasteiger partial charge in [-0.3, -0.25) is 0 Å². The maximum absolute atomic E-state index is 10.2. The number of ether oxygens (including phenoxy) is 2. The van der Waals surface area contributed by atoms with Crippen molar-refractivity contribution in [2.75, 3.05) is 6.61 Å². The van der Waals surface area contributed by atoms with Crippen LogP contribution in [0.15, 0.2) is 24.3 Å². The highest BCUT2D eigenvalue weighted by Gasteiger charge is 2.57. The van der Waals surface area contributed by atoms with Gasteiger partial charge in [0.15, 0.2) is 11.7 Å². The maximum Gasteiger partial charge on any atom is 0.197 e. The Kier molecular flexibility index (Phi) is 3.03. The normalized spacial score (nSPS) is 26.8. The van der Waals surface area contributed by atoms with Gasteiger partial charge in [0.05, 0.1) is 6.61 Å². The van der Waals surface area contributed by atoms with Gasteiger partial charge < -0.3 is 24.8 Å². The van der Waals surface area contributed by atoms with Crippen molar-refractivity contribution in [2.24, 2.45) is 0 Å². The SMILES string of the molecule is Cc1cc2c(cc1O)[C@@H](C)[C@H]1Oc3cc(C)c(O)cc3[C@@]1(CO)O2. The highest BCUT2D eigenvalue weighted by atomic mass is 16.6. The highest BCUT2D eigenvalue weighted by Crippen LogP contribution is 2.55. The molecule has 5 heteroatoms. The molecule has 2 aliphatic heterocycles. The summed E-state index contributed by atoms with van der Waals surface area (Å²) < 4.78 is 12.3. The van der Waals surface area contributed by atoms with Crippen molar-refractivity contribution in [3.05, 3.63) is 46.5 Å². The average molecular weight is 328 g/mol. The van der Waals surface area contributed by atoms with E-state index in [4.69, 9.17) is 9.47 Å². The molecule has 2 aliphatic rings. The number of phenolic OH excluding ortho intramolecular Hbond substituents is 2. The summed E-state index contributed by atoms with van der Waals surface area (Å²) in [6.07, 6.45) is -0.437. The Hall–Kier alpha value is -2.40. The number of phenols is 2. The van der Waals surface area contributed by atoms with Crippen molar-refractivity contribution in [1.82, 2.24) is 0 Å². The lowest BCUT2D eigenvalue weighted by Crippen LogP contribution is -2.51. The van der Waals surface area contributed by atoms with Gasteiger partial charge >= 0.3 is 0 Å². The van der Waals surface area contributed by atoms with Gasteiger partial charge in [0, 0.05) is 17.0 Å². The summed E-state index contributed by atoms with van der Waals surface area (Å²) in [5.41, 5.74) is 1.86. The molecule has 3 N–H and O–H groups in total. The van der Waals surface area contributed by atoms with E-state index in [9.17, 15) is 15.3 Å². The Balaban J connectivity index is 1.93. The van der Waals surface area contributed by atoms with E-state index < -0.39 is 11.7 Å². The predicted octanol–water partition coefficient (Wildman–Crippen LogP) is 2.86. The van der Waals surface area contributed by atoms with Crippen LogP contribution in [0.5, 0.6) is 23.0 Å². The molecule has 0 aromatic heterocycles. The number of benzene rings is 2. The quantitative estimate of drug-likeness (QED) is 0.750. The van der Waals surface area contributed by atoms with Crippen molar-refractivity contribution >= 4 is 0 Å². The van der Waals surface area contributed by atoms with Crippen LogP contribution in [0.25, 0.3) is 0 Å². The number of aryl methyl sites for hydroxylation is 2. The molecule has 0 amide bonds. The Labute approximate surface area is 140 Å². The molecule has 24 heavy (non-hydrogen) atoms. The first kappa shape index (κ1) is 15.1. The van der Waals surface area contributed by atoms with Gasteiger partial charge in [0.2, 0.25) is 0 Å². The number of hydrogen-bond donors (Lipinski definition) is 3.